The van der Waals surface area contributed by atoms with Gasteiger partial charge < -0.3 is 15.0 Å². The van der Waals surface area contributed by atoms with Crippen LogP contribution in [-0.2, 0) is 26.1 Å². The van der Waals surface area contributed by atoms with Gasteiger partial charge in [-0.3, -0.25) is 9.78 Å². The summed E-state index contributed by atoms with van der Waals surface area (Å²) in [5, 5.41) is 3.38. The van der Waals surface area contributed by atoms with E-state index in [9.17, 15) is 13.2 Å². The molecule has 9 heteroatoms. The van der Waals surface area contributed by atoms with E-state index in [0.717, 1.165) is 16.9 Å². The van der Waals surface area contributed by atoms with Gasteiger partial charge in [0.2, 0.25) is 10.0 Å². The Morgan fingerprint density at radius 3 is 2.55 bits per heavy atom. The molecule has 2 aromatic rings. The maximum absolute atomic E-state index is 13.0. The highest BCUT2D eigenvalue weighted by Crippen LogP contribution is 2.34. The van der Waals surface area contributed by atoms with Gasteiger partial charge in [0.05, 0.1) is 34.7 Å². The normalized spacial score (nSPS) is 17.4. The van der Waals surface area contributed by atoms with Crippen LogP contribution in [0.3, 0.4) is 0 Å². The molecular weight excluding hydrogens is 440 g/mol. The average Bonchev–Trinajstić information content (AvgIpc) is 3.08. The van der Waals surface area contributed by atoms with Gasteiger partial charge in [-0.2, -0.15) is 4.72 Å². The van der Waals surface area contributed by atoms with Gasteiger partial charge in [-0.1, -0.05) is 32.9 Å². The van der Waals surface area contributed by atoms with Gasteiger partial charge >= 0.3 is 5.97 Å². The van der Waals surface area contributed by atoms with E-state index < -0.39 is 22.0 Å². The zero-order chi connectivity index (χ0) is 24.2. The smallest absolute Gasteiger partial charge is 0.324 e. The molecule has 0 radical (unpaired) electrons. The molecule has 0 spiro atoms. The van der Waals surface area contributed by atoms with Crippen molar-refractivity contribution >= 4 is 27.4 Å². The van der Waals surface area contributed by atoms with E-state index in [-0.39, 0.29) is 23.1 Å². The number of aromatic nitrogens is 1. The number of nitrogens with zero attached hydrogens (tertiary/aromatic N) is 2. The molecule has 2 unspecified atom stereocenters. The van der Waals surface area contributed by atoms with Crippen LogP contribution >= 0.6 is 0 Å². The van der Waals surface area contributed by atoms with Gasteiger partial charge in [-0.25, -0.2) is 8.42 Å². The average molecular weight is 475 g/mol. The molecule has 0 fully saturated rings. The predicted octanol–water partition coefficient (Wildman–Crippen LogP) is 3.89. The third-order valence-corrected chi connectivity index (χ3v) is 7.19. The lowest BCUT2D eigenvalue weighted by Gasteiger charge is -2.24. The highest BCUT2D eigenvalue weighted by atomic mass is 32.2. The van der Waals surface area contributed by atoms with Gasteiger partial charge in [-0.05, 0) is 56.4 Å². The highest BCUT2D eigenvalue weighted by Gasteiger charge is 2.29. The molecule has 2 N–H and O–H groups in total. The topological polar surface area (TPSA) is 101 Å². The summed E-state index contributed by atoms with van der Waals surface area (Å²) in [5.74, 6) is -0.416. The van der Waals surface area contributed by atoms with Crippen molar-refractivity contribution in [2.24, 2.45) is 5.92 Å². The summed E-state index contributed by atoms with van der Waals surface area (Å²) < 4.78 is 34.0. The number of hydrogen-bond donors (Lipinski definition) is 2. The van der Waals surface area contributed by atoms with Crippen molar-refractivity contribution < 1.29 is 17.9 Å². The van der Waals surface area contributed by atoms with Crippen molar-refractivity contribution in [1.82, 2.24) is 9.71 Å². The predicted molar refractivity (Wildman–Crippen MR) is 129 cm³/mol. The number of nitrogens with one attached hydrogen (secondary N) is 2. The number of carbonyl (C=O) groups is 1. The van der Waals surface area contributed by atoms with Crippen LogP contribution in [0.5, 0.6) is 0 Å². The fourth-order valence-corrected chi connectivity index (χ4v) is 4.93. The molecule has 3 rings (SSSR count). The monoisotopic (exact) mass is 474 g/mol. The first-order valence-electron chi connectivity index (χ1n) is 11.4. The molecule has 3 atom stereocenters. The lowest BCUT2D eigenvalue weighted by Crippen LogP contribution is -2.43. The summed E-state index contributed by atoms with van der Waals surface area (Å²) in [4.78, 5) is 19.0. The Labute approximate surface area is 196 Å². The Kier molecular flexibility index (Phi) is 7.97. The molecule has 1 aromatic heterocycles. The second kappa shape index (κ2) is 10.5. The van der Waals surface area contributed by atoms with Crippen LogP contribution in [0.15, 0.2) is 47.6 Å². The van der Waals surface area contributed by atoms with Gasteiger partial charge in [0.15, 0.2) is 0 Å². The van der Waals surface area contributed by atoms with Crippen molar-refractivity contribution in [3.63, 3.8) is 0 Å². The Morgan fingerprint density at radius 2 is 1.91 bits per heavy atom. The van der Waals surface area contributed by atoms with E-state index in [1.54, 1.807) is 43.6 Å². The van der Waals surface area contributed by atoms with Crippen LogP contribution in [0.2, 0.25) is 0 Å². The second-order valence-electron chi connectivity index (χ2n) is 8.94. The van der Waals surface area contributed by atoms with Crippen molar-refractivity contribution in [3.8, 4) is 0 Å². The first-order chi connectivity index (χ1) is 15.6. The maximum Gasteiger partial charge on any atom is 0.324 e. The minimum absolute atomic E-state index is 0.0996. The van der Waals surface area contributed by atoms with Gasteiger partial charge in [0, 0.05) is 12.7 Å². The van der Waals surface area contributed by atoms with Crippen molar-refractivity contribution in [2.45, 2.75) is 77.2 Å². The molecule has 8 nitrogen and oxygen atoms in total. The largest absolute Gasteiger partial charge is 0.461 e. The molecule has 0 bridgehead atoms. The minimum Gasteiger partial charge on any atom is -0.461 e. The van der Waals surface area contributed by atoms with Gasteiger partial charge in [0.1, 0.15) is 6.04 Å². The van der Waals surface area contributed by atoms with Crippen molar-refractivity contribution in [1.29, 1.82) is 0 Å². The number of carbonyl (C=O) groups excluding carboxylic acids is 1. The van der Waals surface area contributed by atoms with Gasteiger partial charge in [-0.15, -0.1) is 0 Å². The van der Waals surface area contributed by atoms with E-state index in [1.807, 2.05) is 26.8 Å². The third kappa shape index (κ3) is 6.23. The summed E-state index contributed by atoms with van der Waals surface area (Å²) in [6.45, 7) is 10.3. The molecule has 1 aromatic carbocycles. The number of anilines is 2. The molecule has 1 aliphatic heterocycles. The second-order valence-corrected chi connectivity index (χ2v) is 10.7. The Bertz CT molecular complexity index is 1060. The fourth-order valence-electron chi connectivity index (χ4n) is 3.74. The standard InChI is InChI=1S/C24H34N4O4S/c1-6-17(4)32-24(29)21(13-16(2)3)27-33(30,31)20-9-7-19(8-10-20)15-28-18(5)26-22-14-25-12-11-23(22)28/h7-12,14,16-18,21,26-27H,6,13,15H2,1-5H3/t17?,18?,21-/m0/s1. The zero-order valence-electron chi connectivity index (χ0n) is 19.9. The summed E-state index contributed by atoms with van der Waals surface area (Å²) in [6.07, 6.45) is 4.42. The molecular formula is C24H34N4O4S. The Morgan fingerprint density at radius 1 is 1.21 bits per heavy atom. The number of esters is 1. The highest BCUT2D eigenvalue weighted by molar-refractivity contribution is 7.89. The lowest BCUT2D eigenvalue weighted by molar-refractivity contribution is -0.150. The van der Waals surface area contributed by atoms with Crippen molar-refractivity contribution in [2.75, 3.05) is 10.2 Å². The van der Waals surface area contributed by atoms with Crippen LogP contribution in [0.25, 0.3) is 0 Å². The summed E-state index contributed by atoms with van der Waals surface area (Å²) in [7, 11) is -3.88. The quantitative estimate of drug-likeness (QED) is 0.504. The first-order valence-corrected chi connectivity index (χ1v) is 12.9. The lowest BCUT2D eigenvalue weighted by atomic mass is 10.0. The maximum atomic E-state index is 13.0. The number of rotatable bonds is 10. The van der Waals surface area contributed by atoms with Crippen LogP contribution in [-0.4, -0.2) is 37.7 Å². The van der Waals surface area contributed by atoms with E-state index in [2.05, 4.69) is 26.8 Å². The fraction of sp³-hybridized carbons (Fsp3) is 0.500. The molecule has 1 aliphatic rings. The Balaban J connectivity index is 1.72. The Hall–Kier alpha value is -2.65. The summed E-state index contributed by atoms with van der Waals surface area (Å²) in [6, 6.07) is 7.79. The third-order valence-electron chi connectivity index (χ3n) is 5.71. The van der Waals surface area contributed by atoms with E-state index in [0.29, 0.717) is 19.4 Å². The summed E-state index contributed by atoms with van der Waals surface area (Å²) in [5.41, 5.74) is 3.02. The van der Waals surface area contributed by atoms with Crippen LogP contribution in [0.1, 0.15) is 53.0 Å². The number of benzene rings is 1. The van der Waals surface area contributed by atoms with Crippen molar-refractivity contribution in [3.05, 3.63) is 48.3 Å². The SMILES string of the molecule is CCC(C)OC(=O)[C@H](CC(C)C)NS(=O)(=O)c1ccc(CN2c3ccncc3NC2C)cc1. The van der Waals surface area contributed by atoms with Crippen LogP contribution < -0.4 is 14.9 Å². The van der Waals surface area contributed by atoms with Crippen LogP contribution in [0.4, 0.5) is 11.4 Å². The number of fused-ring (bicyclic) bond motifs is 1. The van der Waals surface area contributed by atoms with Crippen LogP contribution in [0, 0.1) is 5.92 Å². The zero-order valence-corrected chi connectivity index (χ0v) is 20.7. The molecule has 0 amide bonds. The minimum atomic E-state index is -3.88. The first kappa shape index (κ1) is 25.0. The van der Waals surface area contributed by atoms with E-state index in [1.165, 1.54) is 0 Å². The van der Waals surface area contributed by atoms with E-state index in [4.69, 9.17) is 4.74 Å². The number of sulfonamides is 1. The number of pyridine rings is 1. The molecule has 2 heterocycles. The number of ether oxygens (including phenoxy) is 1. The molecule has 0 saturated heterocycles. The molecule has 180 valence electrons. The molecule has 0 aliphatic carbocycles. The molecule has 33 heavy (non-hydrogen) atoms. The van der Waals surface area contributed by atoms with Gasteiger partial charge in [0.25, 0.3) is 0 Å². The molecule has 0 saturated carbocycles. The van der Waals surface area contributed by atoms with E-state index >= 15 is 0 Å². The number of hydrogen-bond acceptors (Lipinski definition) is 7. The summed E-state index contributed by atoms with van der Waals surface area (Å²) >= 11 is 0.